The van der Waals surface area contributed by atoms with Crippen molar-refractivity contribution in [2.75, 3.05) is 0 Å². The van der Waals surface area contributed by atoms with Gasteiger partial charge in [0.25, 0.3) is 0 Å². The molecule has 0 bridgehead atoms. The fraction of sp³-hybridized carbons (Fsp3) is 0.643. The smallest absolute Gasteiger partial charge is 0.336 e. The summed E-state index contributed by atoms with van der Waals surface area (Å²) in [5, 5.41) is 35.3. The molecule has 0 amide bonds. The molecule has 0 fully saturated rings. The van der Waals surface area contributed by atoms with Gasteiger partial charge in [0.2, 0.25) is 0 Å². The summed E-state index contributed by atoms with van der Waals surface area (Å²) in [5.74, 6) is -1.91. The molecule has 0 aliphatic heterocycles. The van der Waals surface area contributed by atoms with Gasteiger partial charge in [-0.3, -0.25) is 0 Å². The average molecular weight is 706 g/mol. The van der Waals surface area contributed by atoms with E-state index in [1.807, 2.05) is 39.0 Å². The Morgan fingerprint density at radius 3 is 0.843 bits per heavy atom. The highest BCUT2D eigenvalue weighted by molar-refractivity contribution is 5.40. The molecule has 1 heterocycles. The highest BCUT2D eigenvalue weighted by Gasteiger charge is 2.41. The summed E-state index contributed by atoms with van der Waals surface area (Å²) in [6.45, 7) is 28.7. The van der Waals surface area contributed by atoms with Crippen LogP contribution in [0, 0.1) is 34.0 Å². The first kappa shape index (κ1) is 40.5. The zero-order chi connectivity index (χ0) is 39.0. The molecular weight excluding hydrogens is 642 g/mol. The van der Waals surface area contributed by atoms with Gasteiger partial charge in [-0.05, 0) is 92.7 Å². The van der Waals surface area contributed by atoms with E-state index in [9.17, 15) is 29.7 Å². The van der Waals surface area contributed by atoms with E-state index in [2.05, 4.69) is 62.3 Å². The van der Waals surface area contributed by atoms with Crippen LogP contribution in [-0.2, 0) is 19.6 Å². The molecule has 9 heteroatoms. The zero-order valence-corrected chi connectivity index (χ0v) is 33.7. The minimum absolute atomic E-state index is 0.172. The summed E-state index contributed by atoms with van der Waals surface area (Å²) in [7, 11) is 0. The van der Waals surface area contributed by atoms with Gasteiger partial charge in [0, 0.05) is 37.4 Å². The van der Waals surface area contributed by atoms with Crippen molar-refractivity contribution in [3.63, 3.8) is 0 Å². The van der Waals surface area contributed by atoms with Crippen molar-refractivity contribution in [1.82, 2.24) is 13.7 Å². The van der Waals surface area contributed by atoms with Gasteiger partial charge in [-0.15, -0.1) is 0 Å². The fourth-order valence-electron chi connectivity index (χ4n) is 7.78. The van der Waals surface area contributed by atoms with E-state index in [0.717, 1.165) is 47.1 Å². The third-order valence-corrected chi connectivity index (χ3v) is 11.3. The topological polar surface area (TPSA) is 127 Å². The number of nitrogens with zero attached hydrogens (tertiary/aromatic N) is 3. The standard InChI is InChI=1S/C42H63N3O6/c1-25-16-28(37(4,5)6)19-40(13,49)31(25)22-43-34(46)44(23-32-26(2)17-29(38(7,8)9)20-41(32,14)50)36(48)45(35(43)47)24-33-27(3)18-30(39(10,11)12)21-42(33,15)51/h16-21,31-33,49-51H,22-24H2,1-15H3. The molecule has 3 aliphatic rings. The van der Waals surface area contributed by atoms with Gasteiger partial charge in [0.15, 0.2) is 0 Å². The van der Waals surface area contributed by atoms with Crippen LogP contribution in [0.4, 0.5) is 0 Å². The quantitative estimate of drug-likeness (QED) is 0.330. The van der Waals surface area contributed by atoms with Crippen LogP contribution in [0.25, 0.3) is 0 Å². The van der Waals surface area contributed by atoms with Crippen LogP contribution in [0.3, 0.4) is 0 Å². The maximum absolute atomic E-state index is 14.4. The Labute approximate surface area is 304 Å². The van der Waals surface area contributed by atoms with E-state index in [0.29, 0.717) is 0 Å². The lowest BCUT2D eigenvalue weighted by molar-refractivity contribution is 0.0421. The highest BCUT2D eigenvalue weighted by atomic mass is 16.3. The molecule has 282 valence electrons. The molecule has 4 rings (SSSR count). The van der Waals surface area contributed by atoms with E-state index >= 15 is 0 Å². The Morgan fingerprint density at radius 1 is 0.490 bits per heavy atom. The molecule has 6 unspecified atom stereocenters. The van der Waals surface area contributed by atoms with Crippen LogP contribution in [0.5, 0.6) is 0 Å². The SMILES string of the molecule is CC1=CC(C(C)(C)C)=CC(C)(O)C1Cn1c(=O)n(CC2C(C)=CC(C(C)(C)C)=CC2(C)O)c(=O)n(CC2C(C)=CC(C(C)(C)C)=CC2(C)O)c1=O. The predicted molar refractivity (Wildman–Crippen MR) is 205 cm³/mol. The number of aromatic nitrogens is 3. The van der Waals surface area contributed by atoms with Gasteiger partial charge in [0.05, 0.1) is 16.8 Å². The predicted octanol–water partition coefficient (Wildman–Crippen LogP) is 6.07. The average Bonchev–Trinajstić information content (AvgIpc) is 2.92. The van der Waals surface area contributed by atoms with Crippen molar-refractivity contribution >= 4 is 0 Å². The molecule has 51 heavy (non-hydrogen) atoms. The molecule has 0 radical (unpaired) electrons. The first-order chi connectivity index (χ1) is 22.9. The molecule has 6 atom stereocenters. The van der Waals surface area contributed by atoms with Crippen molar-refractivity contribution in [2.24, 2.45) is 34.0 Å². The fourth-order valence-corrected chi connectivity index (χ4v) is 7.78. The molecule has 0 aromatic carbocycles. The van der Waals surface area contributed by atoms with Gasteiger partial charge in [-0.1, -0.05) is 97.3 Å². The summed E-state index contributed by atoms with van der Waals surface area (Å²) >= 11 is 0. The van der Waals surface area contributed by atoms with Crippen molar-refractivity contribution in [1.29, 1.82) is 0 Å². The van der Waals surface area contributed by atoms with Gasteiger partial charge >= 0.3 is 17.1 Å². The molecule has 0 saturated heterocycles. The Hall–Kier alpha value is -3.27. The van der Waals surface area contributed by atoms with E-state index in [1.54, 1.807) is 39.0 Å². The van der Waals surface area contributed by atoms with Crippen LogP contribution in [0.15, 0.2) is 84.3 Å². The van der Waals surface area contributed by atoms with E-state index in [-0.39, 0.29) is 35.9 Å². The van der Waals surface area contributed by atoms with Crippen molar-refractivity contribution in [3.8, 4) is 0 Å². The third kappa shape index (κ3) is 8.06. The first-order valence-corrected chi connectivity index (χ1v) is 18.2. The van der Waals surface area contributed by atoms with Crippen LogP contribution < -0.4 is 17.1 Å². The number of rotatable bonds is 6. The molecule has 0 spiro atoms. The van der Waals surface area contributed by atoms with Crippen molar-refractivity contribution < 1.29 is 15.3 Å². The first-order valence-electron chi connectivity index (χ1n) is 18.2. The molecule has 1 aromatic rings. The summed E-state index contributed by atoms with van der Waals surface area (Å²) in [5.41, 5.74) is -2.00. The summed E-state index contributed by atoms with van der Waals surface area (Å²) in [4.78, 5) is 43.3. The van der Waals surface area contributed by atoms with E-state index in [1.165, 1.54) is 0 Å². The Morgan fingerprint density at radius 2 is 0.686 bits per heavy atom. The number of hydrogen-bond acceptors (Lipinski definition) is 6. The Bertz CT molecular complexity index is 1690. The monoisotopic (exact) mass is 705 g/mol. The van der Waals surface area contributed by atoms with Gasteiger partial charge in [0.1, 0.15) is 0 Å². The Kier molecular flexibility index (Phi) is 10.3. The number of aliphatic hydroxyl groups is 3. The maximum atomic E-state index is 14.4. The van der Waals surface area contributed by atoms with E-state index < -0.39 is 51.6 Å². The second kappa shape index (κ2) is 13.0. The molecule has 0 saturated carbocycles. The lowest BCUT2D eigenvalue weighted by Crippen LogP contribution is -2.58. The van der Waals surface area contributed by atoms with Crippen molar-refractivity contribution in [2.45, 2.75) is 140 Å². The molecule has 1 aromatic heterocycles. The van der Waals surface area contributed by atoms with Gasteiger partial charge in [-0.2, -0.15) is 0 Å². The van der Waals surface area contributed by atoms with Crippen LogP contribution in [-0.4, -0.2) is 45.8 Å². The maximum Gasteiger partial charge on any atom is 0.336 e. The minimum atomic E-state index is -1.39. The highest BCUT2D eigenvalue weighted by Crippen LogP contribution is 2.42. The lowest BCUT2D eigenvalue weighted by Gasteiger charge is -2.39. The van der Waals surface area contributed by atoms with Crippen LogP contribution in [0.1, 0.15) is 104 Å². The van der Waals surface area contributed by atoms with Gasteiger partial charge < -0.3 is 15.3 Å². The summed E-state index contributed by atoms with van der Waals surface area (Å²) in [6, 6.07) is 0. The third-order valence-electron chi connectivity index (χ3n) is 11.3. The lowest BCUT2D eigenvalue weighted by atomic mass is 9.72. The second-order valence-corrected chi connectivity index (χ2v) is 19.2. The largest absolute Gasteiger partial charge is 0.385 e. The zero-order valence-electron chi connectivity index (χ0n) is 33.7. The number of allylic oxidation sites excluding steroid dienone is 6. The summed E-state index contributed by atoms with van der Waals surface area (Å²) in [6.07, 6.45) is 11.4. The Balaban J connectivity index is 1.92. The molecule has 3 N–H and O–H groups in total. The molecule has 3 aliphatic carbocycles. The van der Waals surface area contributed by atoms with Crippen LogP contribution in [0.2, 0.25) is 0 Å². The molecular formula is C42H63N3O6. The van der Waals surface area contributed by atoms with Crippen molar-refractivity contribution in [3.05, 3.63) is 101 Å². The summed E-state index contributed by atoms with van der Waals surface area (Å²) < 4.78 is 3.15. The normalized spacial score (nSPS) is 30.6. The van der Waals surface area contributed by atoms with Gasteiger partial charge in [-0.25, -0.2) is 28.1 Å². The van der Waals surface area contributed by atoms with E-state index in [4.69, 9.17) is 0 Å². The minimum Gasteiger partial charge on any atom is -0.385 e. The molecule has 9 nitrogen and oxygen atoms in total. The van der Waals surface area contributed by atoms with Crippen LogP contribution >= 0.6 is 0 Å². The second-order valence-electron chi connectivity index (χ2n) is 19.2. The number of hydrogen-bond donors (Lipinski definition) is 3.